The second kappa shape index (κ2) is 9.60. The first-order valence-corrected chi connectivity index (χ1v) is 12.1. The lowest BCUT2D eigenvalue weighted by Gasteiger charge is -2.42. The average molecular weight is 466 g/mol. The van der Waals surface area contributed by atoms with Crippen molar-refractivity contribution in [3.05, 3.63) is 54.5 Å². The van der Waals surface area contributed by atoms with Crippen LogP contribution < -0.4 is 10.4 Å². The molecule has 180 valence electrons. The van der Waals surface area contributed by atoms with Crippen molar-refractivity contribution in [2.75, 3.05) is 50.8 Å². The number of anilines is 1. The molecule has 3 amide bonds. The number of hydrazine groups is 1. The van der Waals surface area contributed by atoms with Crippen molar-refractivity contribution in [2.24, 2.45) is 11.8 Å². The number of likely N-dealkylation sites (tertiary alicyclic amines) is 1. The number of fused-ring (bicyclic) bond motifs is 1. The summed E-state index contributed by atoms with van der Waals surface area (Å²) in [6, 6.07) is 12.6. The highest BCUT2D eigenvalue weighted by atomic mass is 16.3. The maximum absolute atomic E-state index is 13.7. The van der Waals surface area contributed by atoms with E-state index < -0.39 is 0 Å². The largest absolute Gasteiger partial charge is 0.459 e. The van der Waals surface area contributed by atoms with E-state index in [0.717, 1.165) is 18.7 Å². The molecule has 5 rings (SSSR count). The Labute approximate surface area is 199 Å². The van der Waals surface area contributed by atoms with Crippen molar-refractivity contribution >= 4 is 23.4 Å². The van der Waals surface area contributed by atoms with Gasteiger partial charge in [-0.05, 0) is 37.2 Å². The fourth-order valence-corrected chi connectivity index (χ4v) is 5.36. The van der Waals surface area contributed by atoms with E-state index in [2.05, 4.69) is 17.2 Å². The van der Waals surface area contributed by atoms with Gasteiger partial charge in [0.15, 0.2) is 5.76 Å². The van der Waals surface area contributed by atoms with Crippen molar-refractivity contribution in [3.8, 4) is 0 Å². The predicted molar refractivity (Wildman–Crippen MR) is 126 cm³/mol. The van der Waals surface area contributed by atoms with E-state index in [1.807, 2.05) is 35.2 Å². The van der Waals surface area contributed by atoms with Gasteiger partial charge in [0.25, 0.3) is 5.91 Å². The standard InChI is InChI=1S/C25H31N5O4/c1-2-10-27-16-19(22-20(17-27)24(32)30(26-22)18-7-4-3-5-8-18)23(31)28-11-13-29(14-12-28)25(33)21-9-6-15-34-21/h3-9,15,19-20,22,26H,2,10-14,16-17H2,1H3. The van der Waals surface area contributed by atoms with Gasteiger partial charge in [0.1, 0.15) is 0 Å². The maximum Gasteiger partial charge on any atom is 0.289 e. The third-order valence-corrected chi connectivity index (χ3v) is 7.07. The van der Waals surface area contributed by atoms with E-state index in [0.29, 0.717) is 45.0 Å². The lowest BCUT2D eigenvalue weighted by atomic mass is 9.83. The Morgan fingerprint density at radius 1 is 1.00 bits per heavy atom. The number of para-hydroxylation sites is 1. The molecule has 1 aromatic carbocycles. The lowest BCUT2D eigenvalue weighted by molar-refractivity contribution is -0.141. The number of hydrogen-bond donors (Lipinski definition) is 1. The maximum atomic E-state index is 13.7. The van der Waals surface area contributed by atoms with Crippen molar-refractivity contribution in [3.63, 3.8) is 0 Å². The molecule has 3 aliphatic heterocycles. The summed E-state index contributed by atoms with van der Waals surface area (Å²) in [6.45, 7) is 6.14. The number of piperidine rings is 1. The second-order valence-electron chi connectivity index (χ2n) is 9.23. The van der Waals surface area contributed by atoms with Crippen molar-refractivity contribution < 1.29 is 18.8 Å². The molecule has 3 saturated heterocycles. The van der Waals surface area contributed by atoms with E-state index >= 15 is 0 Å². The van der Waals surface area contributed by atoms with Crippen LogP contribution in [-0.2, 0) is 9.59 Å². The van der Waals surface area contributed by atoms with Crippen LogP contribution in [0.15, 0.2) is 53.1 Å². The molecule has 34 heavy (non-hydrogen) atoms. The van der Waals surface area contributed by atoms with Crippen molar-refractivity contribution in [1.29, 1.82) is 0 Å². The Bertz CT molecular complexity index is 1020. The zero-order valence-corrected chi connectivity index (χ0v) is 19.4. The highest BCUT2D eigenvalue weighted by molar-refractivity contribution is 5.98. The molecule has 3 unspecified atom stereocenters. The molecule has 1 N–H and O–H groups in total. The van der Waals surface area contributed by atoms with Crippen LogP contribution in [0.25, 0.3) is 0 Å². The number of nitrogens with one attached hydrogen (secondary N) is 1. The summed E-state index contributed by atoms with van der Waals surface area (Å²) in [7, 11) is 0. The van der Waals surface area contributed by atoms with Gasteiger partial charge < -0.3 is 19.1 Å². The number of carbonyl (C=O) groups excluding carboxylic acids is 3. The summed E-state index contributed by atoms with van der Waals surface area (Å²) in [4.78, 5) is 45.4. The topological polar surface area (TPSA) is 89.3 Å². The molecule has 3 atom stereocenters. The quantitative estimate of drug-likeness (QED) is 0.719. The summed E-state index contributed by atoms with van der Waals surface area (Å²) in [5, 5.41) is 1.62. The first-order valence-electron chi connectivity index (χ1n) is 12.1. The van der Waals surface area contributed by atoms with Gasteiger partial charge in [-0.2, -0.15) is 0 Å². The Morgan fingerprint density at radius 2 is 1.74 bits per heavy atom. The Kier molecular flexibility index (Phi) is 6.38. The smallest absolute Gasteiger partial charge is 0.289 e. The van der Waals surface area contributed by atoms with Crippen LogP contribution in [0.3, 0.4) is 0 Å². The van der Waals surface area contributed by atoms with Crippen LogP contribution in [0.1, 0.15) is 23.9 Å². The normalized spacial score (nSPS) is 25.5. The summed E-state index contributed by atoms with van der Waals surface area (Å²) in [6.07, 6.45) is 2.46. The van der Waals surface area contributed by atoms with Crippen LogP contribution in [0.2, 0.25) is 0 Å². The molecular weight excluding hydrogens is 434 g/mol. The summed E-state index contributed by atoms with van der Waals surface area (Å²) in [5.41, 5.74) is 4.16. The average Bonchev–Trinajstić information content (AvgIpc) is 3.53. The SMILES string of the molecule is CCCN1CC(C(=O)N2CCN(C(=O)c3ccco3)CC2)C2NN(c3ccccc3)C(=O)C2C1. The molecule has 4 heterocycles. The van der Waals surface area contributed by atoms with Crippen molar-refractivity contribution in [1.82, 2.24) is 20.1 Å². The lowest BCUT2D eigenvalue weighted by Crippen LogP contribution is -2.60. The number of amides is 3. The molecule has 0 spiro atoms. The van der Waals surface area contributed by atoms with E-state index in [4.69, 9.17) is 4.42 Å². The molecule has 0 aliphatic carbocycles. The number of carbonyl (C=O) groups is 3. The van der Waals surface area contributed by atoms with Gasteiger partial charge in [-0.1, -0.05) is 25.1 Å². The third-order valence-electron chi connectivity index (χ3n) is 7.07. The first kappa shape index (κ1) is 22.6. The fourth-order valence-electron chi connectivity index (χ4n) is 5.36. The van der Waals surface area contributed by atoms with Gasteiger partial charge >= 0.3 is 0 Å². The molecule has 9 nitrogen and oxygen atoms in total. The number of hydrogen-bond acceptors (Lipinski definition) is 6. The van der Waals surface area contributed by atoms with Gasteiger partial charge in [-0.15, -0.1) is 0 Å². The van der Waals surface area contributed by atoms with Crippen LogP contribution >= 0.6 is 0 Å². The molecule has 0 saturated carbocycles. The first-order chi connectivity index (χ1) is 16.6. The predicted octanol–water partition coefficient (Wildman–Crippen LogP) is 1.44. The second-order valence-corrected chi connectivity index (χ2v) is 9.23. The molecule has 3 aliphatic rings. The Hall–Kier alpha value is -3.17. The molecule has 0 radical (unpaired) electrons. The minimum absolute atomic E-state index is 0.0173. The number of nitrogens with zero attached hydrogens (tertiary/aromatic N) is 4. The van der Waals surface area contributed by atoms with Gasteiger partial charge in [-0.3, -0.25) is 14.4 Å². The third kappa shape index (κ3) is 4.21. The molecule has 1 aromatic heterocycles. The molecule has 2 aromatic rings. The Morgan fingerprint density at radius 3 is 2.41 bits per heavy atom. The number of rotatable bonds is 5. The summed E-state index contributed by atoms with van der Waals surface area (Å²) in [5.74, 6) is -0.350. The van der Waals surface area contributed by atoms with E-state index in [1.165, 1.54) is 6.26 Å². The highest BCUT2D eigenvalue weighted by Gasteiger charge is 2.51. The van der Waals surface area contributed by atoms with Crippen LogP contribution in [-0.4, -0.2) is 84.3 Å². The van der Waals surface area contributed by atoms with E-state index in [9.17, 15) is 14.4 Å². The molecule has 9 heteroatoms. The van der Waals surface area contributed by atoms with Crippen LogP contribution in [0, 0.1) is 11.8 Å². The van der Waals surface area contributed by atoms with Gasteiger partial charge in [0.2, 0.25) is 11.8 Å². The summed E-state index contributed by atoms with van der Waals surface area (Å²) >= 11 is 0. The fraction of sp³-hybridized carbons (Fsp3) is 0.480. The Balaban J connectivity index is 1.30. The minimum atomic E-state index is -0.324. The van der Waals surface area contributed by atoms with Gasteiger partial charge in [-0.25, -0.2) is 10.4 Å². The van der Waals surface area contributed by atoms with Crippen LogP contribution in [0.4, 0.5) is 5.69 Å². The summed E-state index contributed by atoms with van der Waals surface area (Å²) < 4.78 is 5.23. The van der Waals surface area contributed by atoms with Gasteiger partial charge in [0, 0.05) is 39.3 Å². The highest BCUT2D eigenvalue weighted by Crippen LogP contribution is 2.33. The number of furan rings is 1. The molecule has 3 fully saturated rings. The van der Waals surface area contributed by atoms with Crippen molar-refractivity contribution in [2.45, 2.75) is 19.4 Å². The van der Waals surface area contributed by atoms with E-state index in [-0.39, 0.29) is 35.6 Å². The zero-order chi connectivity index (χ0) is 23.7. The van der Waals surface area contributed by atoms with Gasteiger partial charge in [0.05, 0.1) is 29.8 Å². The number of benzene rings is 1. The van der Waals surface area contributed by atoms with E-state index in [1.54, 1.807) is 22.0 Å². The monoisotopic (exact) mass is 465 g/mol. The zero-order valence-electron chi connectivity index (χ0n) is 19.4. The number of piperazine rings is 1. The molecular formula is C25H31N5O4. The minimum Gasteiger partial charge on any atom is -0.459 e. The van der Waals surface area contributed by atoms with Crippen LogP contribution in [0.5, 0.6) is 0 Å². The molecule has 0 bridgehead atoms.